The summed E-state index contributed by atoms with van der Waals surface area (Å²) in [6, 6.07) is 5.91. The van der Waals surface area contributed by atoms with Crippen molar-refractivity contribution in [3.05, 3.63) is 39.5 Å². The fraction of sp³-hybridized carbons (Fsp3) is 0.385. The largest absolute Gasteiger partial charge is 0.315 e. The van der Waals surface area contributed by atoms with Crippen molar-refractivity contribution < 1.29 is 0 Å². The normalized spacial score (nSPS) is 10.8. The van der Waals surface area contributed by atoms with E-state index in [2.05, 4.69) is 10.4 Å². The van der Waals surface area contributed by atoms with Gasteiger partial charge in [-0.25, -0.2) is 4.68 Å². The first-order valence-electron chi connectivity index (χ1n) is 6.05. The van der Waals surface area contributed by atoms with Crippen molar-refractivity contribution in [3.63, 3.8) is 0 Å². The standard InChI is InChI=1S/C13H17N3OS/c1-3-6-16-13(17)10(9-14-2)8-11(15-16)12-5-4-7-18-12/h4-5,7-8,14H,3,6,9H2,1-2H3. The molecule has 0 bridgehead atoms. The molecule has 5 heteroatoms. The fourth-order valence-electron chi connectivity index (χ4n) is 1.82. The van der Waals surface area contributed by atoms with Gasteiger partial charge in [0.05, 0.1) is 4.88 Å². The molecule has 0 fully saturated rings. The Balaban J connectivity index is 2.51. The molecule has 0 aliphatic carbocycles. The van der Waals surface area contributed by atoms with Crippen LogP contribution in [0, 0.1) is 0 Å². The molecular formula is C13H17N3OS. The van der Waals surface area contributed by atoms with Crippen molar-refractivity contribution in [2.45, 2.75) is 26.4 Å². The molecule has 1 N–H and O–H groups in total. The molecule has 0 spiro atoms. The topological polar surface area (TPSA) is 46.9 Å². The zero-order valence-electron chi connectivity index (χ0n) is 10.6. The average Bonchev–Trinajstić information content (AvgIpc) is 2.88. The predicted molar refractivity (Wildman–Crippen MR) is 74.9 cm³/mol. The molecule has 2 rings (SSSR count). The lowest BCUT2D eigenvalue weighted by Gasteiger charge is -2.08. The molecule has 0 aliphatic rings. The summed E-state index contributed by atoms with van der Waals surface area (Å²) in [7, 11) is 1.84. The molecule has 0 atom stereocenters. The van der Waals surface area contributed by atoms with Crippen LogP contribution in [0.15, 0.2) is 28.4 Å². The quantitative estimate of drug-likeness (QED) is 0.898. The van der Waals surface area contributed by atoms with E-state index in [1.165, 1.54) is 0 Å². The maximum atomic E-state index is 12.1. The Labute approximate surface area is 110 Å². The SMILES string of the molecule is CCCn1nc(-c2cccs2)cc(CNC)c1=O. The summed E-state index contributed by atoms with van der Waals surface area (Å²) in [5.74, 6) is 0. The smallest absolute Gasteiger partial charge is 0.271 e. The number of nitrogens with zero attached hydrogens (tertiary/aromatic N) is 2. The van der Waals surface area contributed by atoms with E-state index in [1.54, 1.807) is 16.0 Å². The first-order valence-corrected chi connectivity index (χ1v) is 6.93. The van der Waals surface area contributed by atoms with Crippen LogP contribution >= 0.6 is 11.3 Å². The van der Waals surface area contributed by atoms with E-state index in [4.69, 9.17) is 0 Å². The Kier molecular flexibility index (Phi) is 4.28. The van der Waals surface area contributed by atoms with Crippen LogP contribution < -0.4 is 10.9 Å². The highest BCUT2D eigenvalue weighted by molar-refractivity contribution is 7.13. The molecule has 2 aromatic heterocycles. The van der Waals surface area contributed by atoms with Gasteiger partial charge in [-0.3, -0.25) is 4.79 Å². The summed E-state index contributed by atoms with van der Waals surface area (Å²) in [6.45, 7) is 3.28. The van der Waals surface area contributed by atoms with Gasteiger partial charge in [-0.15, -0.1) is 11.3 Å². The highest BCUT2D eigenvalue weighted by atomic mass is 32.1. The van der Waals surface area contributed by atoms with Crippen LogP contribution in [-0.2, 0) is 13.1 Å². The summed E-state index contributed by atoms with van der Waals surface area (Å²) in [6.07, 6.45) is 0.903. The molecule has 18 heavy (non-hydrogen) atoms. The van der Waals surface area contributed by atoms with Crippen molar-refractivity contribution in [2.75, 3.05) is 7.05 Å². The highest BCUT2D eigenvalue weighted by Crippen LogP contribution is 2.22. The van der Waals surface area contributed by atoms with Gasteiger partial charge in [0, 0.05) is 18.7 Å². The zero-order chi connectivity index (χ0) is 13.0. The van der Waals surface area contributed by atoms with Crippen LogP contribution in [0.3, 0.4) is 0 Å². The van der Waals surface area contributed by atoms with Gasteiger partial charge in [0.25, 0.3) is 5.56 Å². The van der Waals surface area contributed by atoms with Gasteiger partial charge in [0.2, 0.25) is 0 Å². The van der Waals surface area contributed by atoms with Crippen LogP contribution in [0.2, 0.25) is 0 Å². The average molecular weight is 263 g/mol. The first-order chi connectivity index (χ1) is 8.76. The van der Waals surface area contributed by atoms with Gasteiger partial charge in [0.15, 0.2) is 0 Å². The number of nitrogens with one attached hydrogen (secondary N) is 1. The van der Waals surface area contributed by atoms with E-state index < -0.39 is 0 Å². The van der Waals surface area contributed by atoms with Crippen LogP contribution in [0.5, 0.6) is 0 Å². The van der Waals surface area contributed by atoms with E-state index >= 15 is 0 Å². The summed E-state index contributed by atoms with van der Waals surface area (Å²) in [5.41, 5.74) is 1.65. The fourth-order valence-corrected chi connectivity index (χ4v) is 2.50. The van der Waals surface area contributed by atoms with Gasteiger partial charge in [0.1, 0.15) is 5.69 Å². The van der Waals surface area contributed by atoms with E-state index in [9.17, 15) is 4.79 Å². The third-order valence-corrected chi connectivity index (χ3v) is 3.52. The number of aromatic nitrogens is 2. The molecule has 0 aliphatic heterocycles. The summed E-state index contributed by atoms with van der Waals surface area (Å²) in [5, 5.41) is 9.48. The van der Waals surface area contributed by atoms with Gasteiger partial charge in [-0.1, -0.05) is 13.0 Å². The number of hydrogen-bond donors (Lipinski definition) is 1. The molecule has 2 aromatic rings. The van der Waals surface area contributed by atoms with E-state index in [-0.39, 0.29) is 5.56 Å². The summed E-state index contributed by atoms with van der Waals surface area (Å²) < 4.78 is 1.57. The molecule has 0 saturated heterocycles. The Bertz CT molecular complexity index is 530. The minimum Gasteiger partial charge on any atom is -0.315 e. The lowest BCUT2D eigenvalue weighted by atomic mass is 10.2. The van der Waals surface area contributed by atoms with Crippen LogP contribution in [0.25, 0.3) is 10.6 Å². The molecular weight excluding hydrogens is 246 g/mol. The first kappa shape index (κ1) is 13.0. The Hall–Kier alpha value is -1.46. The van der Waals surface area contributed by atoms with Gasteiger partial charge in [-0.05, 0) is 31.0 Å². The summed E-state index contributed by atoms with van der Waals surface area (Å²) in [4.78, 5) is 13.2. The monoisotopic (exact) mass is 263 g/mol. The maximum absolute atomic E-state index is 12.1. The Morgan fingerprint density at radius 2 is 2.33 bits per heavy atom. The Morgan fingerprint density at radius 3 is 2.94 bits per heavy atom. The molecule has 0 aromatic carbocycles. The van der Waals surface area contributed by atoms with Gasteiger partial charge in [-0.2, -0.15) is 5.10 Å². The minimum absolute atomic E-state index is 0.00602. The van der Waals surface area contributed by atoms with Crippen molar-refractivity contribution in [1.29, 1.82) is 0 Å². The molecule has 2 heterocycles. The Morgan fingerprint density at radius 1 is 1.50 bits per heavy atom. The lowest BCUT2D eigenvalue weighted by molar-refractivity contribution is 0.562. The molecule has 0 amide bonds. The van der Waals surface area contributed by atoms with Crippen LogP contribution in [0.4, 0.5) is 0 Å². The lowest BCUT2D eigenvalue weighted by Crippen LogP contribution is -2.28. The van der Waals surface area contributed by atoms with Crippen LogP contribution in [-0.4, -0.2) is 16.8 Å². The maximum Gasteiger partial charge on any atom is 0.271 e. The molecule has 4 nitrogen and oxygen atoms in total. The van der Waals surface area contributed by atoms with E-state index in [0.717, 1.165) is 22.6 Å². The van der Waals surface area contributed by atoms with Crippen molar-refractivity contribution in [3.8, 4) is 10.6 Å². The van der Waals surface area contributed by atoms with Gasteiger partial charge < -0.3 is 5.32 Å². The van der Waals surface area contributed by atoms with E-state index in [1.807, 2.05) is 37.6 Å². The van der Waals surface area contributed by atoms with Crippen molar-refractivity contribution in [2.24, 2.45) is 0 Å². The third-order valence-electron chi connectivity index (χ3n) is 2.62. The zero-order valence-corrected chi connectivity index (χ0v) is 11.5. The number of hydrogen-bond acceptors (Lipinski definition) is 4. The van der Waals surface area contributed by atoms with Crippen molar-refractivity contribution >= 4 is 11.3 Å². The second-order valence-corrected chi connectivity index (χ2v) is 5.04. The molecule has 0 radical (unpaired) electrons. The molecule has 0 saturated carbocycles. The van der Waals surface area contributed by atoms with Gasteiger partial charge >= 0.3 is 0 Å². The predicted octanol–water partition coefficient (Wildman–Crippen LogP) is 2.10. The summed E-state index contributed by atoms with van der Waals surface area (Å²) >= 11 is 1.64. The second-order valence-electron chi connectivity index (χ2n) is 4.09. The minimum atomic E-state index is 0.00602. The molecule has 96 valence electrons. The van der Waals surface area contributed by atoms with Crippen LogP contribution in [0.1, 0.15) is 18.9 Å². The molecule has 0 unspecified atom stereocenters. The van der Waals surface area contributed by atoms with Crippen molar-refractivity contribution in [1.82, 2.24) is 15.1 Å². The highest BCUT2D eigenvalue weighted by Gasteiger charge is 2.09. The van der Waals surface area contributed by atoms with E-state index in [0.29, 0.717) is 13.1 Å². The second kappa shape index (κ2) is 5.93. The number of thiophene rings is 1. The number of aryl methyl sites for hydroxylation is 1. The third kappa shape index (κ3) is 2.68. The number of rotatable bonds is 5.